The fourth-order valence-corrected chi connectivity index (χ4v) is 8.69. The Hall–Kier alpha value is -5.80. The van der Waals surface area contributed by atoms with Crippen LogP contribution in [0.3, 0.4) is 0 Å². The molecular formula is C46H30O2. The molecule has 0 radical (unpaired) electrons. The van der Waals surface area contributed by atoms with Crippen LogP contribution in [0.4, 0.5) is 0 Å². The number of hydrogen-bond donors (Lipinski definition) is 2. The molecule has 8 aromatic rings. The molecule has 0 saturated heterocycles. The number of benzene rings is 8. The molecule has 0 fully saturated rings. The van der Waals surface area contributed by atoms with Crippen LogP contribution >= 0.6 is 0 Å². The van der Waals surface area contributed by atoms with Crippen LogP contribution in [0, 0.1) is 0 Å². The number of hydrogen-bond acceptors (Lipinski definition) is 2. The SMILES string of the molecule is O[C@]1(c2ccccc2)c2ccccc2-c2cc3ccccc3c(-c3c4c(cc5ccccc35)-c3ccccc3[C@]4(O)c3ccccc3)c21. The summed E-state index contributed by atoms with van der Waals surface area (Å²) < 4.78 is 0. The van der Waals surface area contributed by atoms with Crippen LogP contribution in [0.15, 0.2) is 170 Å². The quantitative estimate of drug-likeness (QED) is 0.208. The maximum Gasteiger partial charge on any atom is 0.142 e. The summed E-state index contributed by atoms with van der Waals surface area (Å²) in [5.41, 5.74) is 8.10. The van der Waals surface area contributed by atoms with Crippen molar-refractivity contribution in [3.63, 3.8) is 0 Å². The molecule has 0 unspecified atom stereocenters. The molecule has 0 heterocycles. The van der Waals surface area contributed by atoms with Gasteiger partial charge in [0.15, 0.2) is 0 Å². The van der Waals surface area contributed by atoms with Crippen molar-refractivity contribution in [1.82, 2.24) is 0 Å². The van der Waals surface area contributed by atoms with Gasteiger partial charge in [-0.05, 0) is 78.2 Å². The highest BCUT2D eigenvalue weighted by molar-refractivity contribution is 6.14. The topological polar surface area (TPSA) is 40.5 Å². The first-order chi connectivity index (χ1) is 23.6. The Kier molecular flexibility index (Phi) is 5.61. The summed E-state index contributed by atoms with van der Waals surface area (Å²) in [5, 5.41) is 31.1. The van der Waals surface area contributed by atoms with Crippen molar-refractivity contribution in [2.45, 2.75) is 11.2 Å². The number of aliphatic hydroxyl groups is 2. The smallest absolute Gasteiger partial charge is 0.142 e. The summed E-state index contributed by atoms with van der Waals surface area (Å²) in [6.07, 6.45) is 0. The van der Waals surface area contributed by atoms with E-state index in [9.17, 15) is 10.2 Å². The van der Waals surface area contributed by atoms with Gasteiger partial charge < -0.3 is 10.2 Å². The predicted molar refractivity (Wildman–Crippen MR) is 195 cm³/mol. The van der Waals surface area contributed by atoms with Gasteiger partial charge in [0.05, 0.1) is 0 Å². The molecule has 0 saturated carbocycles. The fourth-order valence-electron chi connectivity index (χ4n) is 8.69. The fraction of sp³-hybridized carbons (Fsp3) is 0.0435. The first-order valence-corrected chi connectivity index (χ1v) is 16.5. The maximum absolute atomic E-state index is 13.4. The summed E-state index contributed by atoms with van der Waals surface area (Å²) in [6, 6.07) is 57.9. The lowest BCUT2D eigenvalue weighted by atomic mass is 9.74. The number of fused-ring (bicyclic) bond motifs is 8. The third kappa shape index (κ3) is 3.43. The van der Waals surface area contributed by atoms with Crippen LogP contribution in [-0.4, -0.2) is 10.2 Å². The average molecular weight is 615 g/mol. The van der Waals surface area contributed by atoms with Gasteiger partial charge in [-0.25, -0.2) is 0 Å². The average Bonchev–Trinajstić information content (AvgIpc) is 3.57. The van der Waals surface area contributed by atoms with Crippen LogP contribution in [0.25, 0.3) is 54.9 Å². The van der Waals surface area contributed by atoms with Crippen molar-refractivity contribution in [2.24, 2.45) is 0 Å². The van der Waals surface area contributed by atoms with Gasteiger partial charge in [0, 0.05) is 22.3 Å². The van der Waals surface area contributed by atoms with Crippen molar-refractivity contribution >= 4 is 21.5 Å². The van der Waals surface area contributed by atoms with Crippen molar-refractivity contribution in [2.75, 3.05) is 0 Å². The van der Waals surface area contributed by atoms with E-state index < -0.39 is 11.2 Å². The van der Waals surface area contributed by atoms with Crippen LogP contribution in [0.2, 0.25) is 0 Å². The van der Waals surface area contributed by atoms with E-state index in [2.05, 4.69) is 97.1 Å². The minimum absolute atomic E-state index is 0.811. The molecular weight excluding hydrogens is 585 g/mol. The van der Waals surface area contributed by atoms with Crippen molar-refractivity contribution in [1.29, 1.82) is 0 Å². The Balaban J connectivity index is 1.46. The highest BCUT2D eigenvalue weighted by atomic mass is 16.3. The largest absolute Gasteiger partial charge is 0.376 e. The summed E-state index contributed by atoms with van der Waals surface area (Å²) in [7, 11) is 0. The Bertz CT molecular complexity index is 2410. The van der Waals surface area contributed by atoms with Crippen molar-refractivity contribution < 1.29 is 10.2 Å². The van der Waals surface area contributed by atoms with Gasteiger partial charge >= 0.3 is 0 Å². The Morgan fingerprint density at radius 3 is 1.12 bits per heavy atom. The van der Waals surface area contributed by atoms with E-state index >= 15 is 0 Å². The highest BCUT2D eigenvalue weighted by Gasteiger charge is 2.49. The second kappa shape index (κ2) is 9.85. The van der Waals surface area contributed by atoms with E-state index in [1.165, 1.54) is 0 Å². The first kappa shape index (κ1) is 27.3. The zero-order valence-electron chi connectivity index (χ0n) is 26.1. The molecule has 8 aromatic carbocycles. The summed E-state index contributed by atoms with van der Waals surface area (Å²) in [4.78, 5) is 0. The monoisotopic (exact) mass is 614 g/mol. The van der Waals surface area contributed by atoms with E-state index in [1.54, 1.807) is 0 Å². The maximum atomic E-state index is 13.4. The Morgan fingerprint density at radius 2 is 0.688 bits per heavy atom. The molecule has 2 heteroatoms. The van der Waals surface area contributed by atoms with Crippen LogP contribution in [0.1, 0.15) is 33.4 Å². The molecule has 2 aliphatic rings. The van der Waals surface area contributed by atoms with Gasteiger partial charge in [0.25, 0.3) is 0 Å². The summed E-state index contributed by atoms with van der Waals surface area (Å²) in [5.74, 6) is 0. The molecule has 2 nitrogen and oxygen atoms in total. The lowest BCUT2D eigenvalue weighted by Gasteiger charge is -2.33. The van der Waals surface area contributed by atoms with Crippen molar-refractivity contribution in [3.8, 4) is 33.4 Å². The normalized spacial score (nSPS) is 18.8. The van der Waals surface area contributed by atoms with Gasteiger partial charge in [-0.15, -0.1) is 0 Å². The highest BCUT2D eigenvalue weighted by Crippen LogP contribution is 2.61. The number of rotatable bonds is 3. The summed E-state index contributed by atoms with van der Waals surface area (Å²) >= 11 is 0. The van der Waals surface area contributed by atoms with E-state index in [-0.39, 0.29) is 0 Å². The summed E-state index contributed by atoms with van der Waals surface area (Å²) in [6.45, 7) is 0. The van der Waals surface area contributed by atoms with E-state index in [4.69, 9.17) is 0 Å². The van der Waals surface area contributed by atoms with E-state index in [0.717, 1.165) is 88.3 Å². The predicted octanol–water partition coefficient (Wildman–Crippen LogP) is 10.2. The third-order valence-electron chi connectivity index (χ3n) is 10.7. The molecule has 0 bridgehead atoms. The standard InChI is InChI=1S/C46H30O2/c47-45(31-17-3-1-4-18-31)39-25-13-11-23-35(39)37-27-29-15-7-9-21-33(29)41(43(37)45)42-34-22-10-8-16-30(34)28-38-36-24-12-14-26-40(36)46(48,44(38)42)32-19-5-2-6-20-32/h1-28,47-48H/t45-,46-/m1/s1. The van der Waals surface area contributed by atoms with Crippen molar-refractivity contribution in [3.05, 3.63) is 203 Å². The molecule has 2 N–H and O–H groups in total. The molecule has 2 atom stereocenters. The lowest BCUT2D eigenvalue weighted by Crippen LogP contribution is -2.29. The van der Waals surface area contributed by atoms with Gasteiger partial charge in [0.1, 0.15) is 11.2 Å². The first-order valence-electron chi connectivity index (χ1n) is 16.5. The van der Waals surface area contributed by atoms with Gasteiger partial charge in [-0.3, -0.25) is 0 Å². The molecule has 0 amide bonds. The van der Waals surface area contributed by atoms with Gasteiger partial charge in [-0.2, -0.15) is 0 Å². The molecule has 10 rings (SSSR count). The zero-order chi connectivity index (χ0) is 32.0. The zero-order valence-corrected chi connectivity index (χ0v) is 26.1. The minimum atomic E-state index is -1.44. The van der Waals surface area contributed by atoms with Crippen LogP contribution < -0.4 is 0 Å². The molecule has 0 aliphatic heterocycles. The Morgan fingerprint density at radius 1 is 0.333 bits per heavy atom. The molecule has 48 heavy (non-hydrogen) atoms. The van der Waals surface area contributed by atoms with Crippen LogP contribution in [-0.2, 0) is 11.2 Å². The molecule has 226 valence electrons. The van der Waals surface area contributed by atoms with Gasteiger partial charge in [-0.1, -0.05) is 158 Å². The molecule has 2 aliphatic carbocycles. The van der Waals surface area contributed by atoms with Crippen LogP contribution in [0.5, 0.6) is 0 Å². The van der Waals surface area contributed by atoms with E-state index in [0.29, 0.717) is 0 Å². The molecule has 0 aromatic heterocycles. The Labute approximate surface area is 278 Å². The molecule has 0 spiro atoms. The second-order valence-electron chi connectivity index (χ2n) is 13.0. The van der Waals surface area contributed by atoms with E-state index in [1.807, 2.05) is 72.8 Å². The van der Waals surface area contributed by atoms with Gasteiger partial charge in [0.2, 0.25) is 0 Å². The lowest BCUT2D eigenvalue weighted by molar-refractivity contribution is 0.129. The minimum Gasteiger partial charge on any atom is -0.376 e. The third-order valence-corrected chi connectivity index (χ3v) is 10.7. The second-order valence-corrected chi connectivity index (χ2v) is 13.0.